The zero-order valence-electron chi connectivity index (χ0n) is 11.9. The summed E-state index contributed by atoms with van der Waals surface area (Å²) < 4.78 is 1.82. The van der Waals surface area contributed by atoms with E-state index in [4.69, 9.17) is 0 Å². The number of benzene rings is 1. The number of aromatic nitrogens is 2. The Balaban J connectivity index is 1.96. The highest BCUT2D eigenvalue weighted by Gasteiger charge is 2.32. The molecule has 21 heavy (non-hydrogen) atoms. The number of amides is 2. The van der Waals surface area contributed by atoms with Crippen molar-refractivity contribution in [1.82, 2.24) is 14.9 Å². The molecular weight excluding hydrogens is 268 g/mol. The van der Waals surface area contributed by atoms with E-state index in [9.17, 15) is 9.59 Å². The number of unbranched alkanes of at least 4 members (excludes halogenated alkanes) is 1. The van der Waals surface area contributed by atoms with Gasteiger partial charge in [0.05, 0.1) is 17.5 Å². The maximum absolute atomic E-state index is 12.4. The molecule has 6 nitrogen and oxygen atoms in total. The van der Waals surface area contributed by atoms with Gasteiger partial charge in [-0.15, -0.1) is 0 Å². The number of nitrogens with zero attached hydrogens (tertiary/aromatic N) is 2. The minimum atomic E-state index is -0.530. The lowest BCUT2D eigenvalue weighted by atomic mass is 10.1. The molecule has 110 valence electrons. The van der Waals surface area contributed by atoms with Crippen molar-refractivity contribution in [3.05, 3.63) is 24.3 Å². The lowest BCUT2D eigenvalue weighted by Crippen LogP contribution is -2.39. The maximum Gasteiger partial charge on any atom is 0.243 e. The third-order valence-electron chi connectivity index (χ3n) is 3.67. The summed E-state index contributed by atoms with van der Waals surface area (Å²) in [6.45, 7) is 2.71. The van der Waals surface area contributed by atoms with Gasteiger partial charge in [0, 0.05) is 6.54 Å². The van der Waals surface area contributed by atoms with Crippen molar-refractivity contribution in [3.8, 4) is 0 Å². The van der Waals surface area contributed by atoms with Gasteiger partial charge in [-0.05, 0) is 18.6 Å². The number of carbonyl (C=O) groups excluding carboxylic acids is 2. The maximum atomic E-state index is 12.4. The van der Waals surface area contributed by atoms with Gasteiger partial charge in [0.1, 0.15) is 6.04 Å². The van der Waals surface area contributed by atoms with E-state index < -0.39 is 6.04 Å². The van der Waals surface area contributed by atoms with Gasteiger partial charge in [-0.25, -0.2) is 4.98 Å². The van der Waals surface area contributed by atoms with Crippen molar-refractivity contribution in [2.24, 2.45) is 0 Å². The molecule has 1 aliphatic rings. The SMILES string of the molecule is CCCCNC(=O)[C@@H]1CC(=O)Nc2nc3ccccc3n21. The van der Waals surface area contributed by atoms with E-state index in [0.29, 0.717) is 12.5 Å². The number of nitrogens with one attached hydrogen (secondary N) is 2. The molecule has 0 bridgehead atoms. The van der Waals surface area contributed by atoms with Crippen LogP contribution in [0.1, 0.15) is 32.2 Å². The van der Waals surface area contributed by atoms with Crippen LogP contribution in [0.3, 0.4) is 0 Å². The summed E-state index contributed by atoms with van der Waals surface area (Å²) in [4.78, 5) is 28.6. The smallest absolute Gasteiger partial charge is 0.243 e. The van der Waals surface area contributed by atoms with E-state index in [1.54, 1.807) is 0 Å². The summed E-state index contributed by atoms with van der Waals surface area (Å²) in [5.74, 6) is 0.152. The highest BCUT2D eigenvalue weighted by atomic mass is 16.2. The molecule has 2 aromatic rings. The minimum Gasteiger partial charge on any atom is -0.354 e. The zero-order valence-corrected chi connectivity index (χ0v) is 11.9. The first-order valence-electron chi connectivity index (χ1n) is 7.25. The second-order valence-electron chi connectivity index (χ2n) is 5.21. The van der Waals surface area contributed by atoms with E-state index in [-0.39, 0.29) is 18.2 Å². The van der Waals surface area contributed by atoms with Gasteiger partial charge in [0.25, 0.3) is 0 Å². The van der Waals surface area contributed by atoms with Crippen LogP contribution in [0.2, 0.25) is 0 Å². The topological polar surface area (TPSA) is 76.0 Å². The average molecular weight is 286 g/mol. The van der Waals surface area contributed by atoms with Crippen molar-refractivity contribution in [2.75, 3.05) is 11.9 Å². The first kappa shape index (κ1) is 13.6. The summed E-state index contributed by atoms with van der Waals surface area (Å²) in [5, 5.41) is 5.64. The second kappa shape index (κ2) is 5.55. The van der Waals surface area contributed by atoms with Crippen LogP contribution in [-0.4, -0.2) is 27.9 Å². The van der Waals surface area contributed by atoms with Crippen molar-refractivity contribution in [3.63, 3.8) is 0 Å². The number of hydrogen-bond acceptors (Lipinski definition) is 3. The fraction of sp³-hybridized carbons (Fsp3) is 0.400. The number of hydrogen-bond donors (Lipinski definition) is 2. The third-order valence-corrected chi connectivity index (χ3v) is 3.67. The largest absolute Gasteiger partial charge is 0.354 e. The molecule has 0 fully saturated rings. The molecule has 2 amide bonds. The fourth-order valence-electron chi connectivity index (χ4n) is 2.61. The molecule has 1 aliphatic heterocycles. The highest BCUT2D eigenvalue weighted by molar-refractivity contribution is 5.99. The number of carbonyl (C=O) groups is 2. The van der Waals surface area contributed by atoms with E-state index in [1.165, 1.54) is 0 Å². The predicted octanol–water partition coefficient (Wildman–Crippen LogP) is 1.84. The molecule has 3 rings (SSSR count). The summed E-state index contributed by atoms with van der Waals surface area (Å²) in [7, 11) is 0. The van der Waals surface area contributed by atoms with Gasteiger partial charge < -0.3 is 5.32 Å². The second-order valence-corrected chi connectivity index (χ2v) is 5.21. The zero-order chi connectivity index (χ0) is 14.8. The molecular formula is C15H18N4O2. The van der Waals surface area contributed by atoms with Crippen molar-refractivity contribution >= 4 is 28.8 Å². The molecule has 1 atom stereocenters. The van der Waals surface area contributed by atoms with Crippen LogP contribution >= 0.6 is 0 Å². The minimum absolute atomic E-state index is 0.122. The Kier molecular flexibility index (Phi) is 3.60. The molecule has 1 aromatic carbocycles. The van der Waals surface area contributed by atoms with Crippen molar-refractivity contribution in [1.29, 1.82) is 0 Å². The van der Waals surface area contributed by atoms with E-state index >= 15 is 0 Å². The molecule has 0 saturated carbocycles. The molecule has 0 radical (unpaired) electrons. The number of fused-ring (bicyclic) bond motifs is 3. The molecule has 0 saturated heterocycles. The van der Waals surface area contributed by atoms with Gasteiger partial charge in [0.15, 0.2) is 0 Å². The molecule has 1 aromatic heterocycles. The summed E-state index contributed by atoms with van der Waals surface area (Å²) >= 11 is 0. The summed E-state index contributed by atoms with van der Waals surface area (Å²) in [5.41, 5.74) is 1.64. The van der Waals surface area contributed by atoms with Gasteiger partial charge in [-0.3, -0.25) is 19.5 Å². The predicted molar refractivity (Wildman–Crippen MR) is 79.9 cm³/mol. The van der Waals surface area contributed by atoms with Crippen molar-refractivity contribution < 1.29 is 9.59 Å². The third kappa shape index (κ3) is 2.49. The van der Waals surface area contributed by atoms with Crippen LogP contribution in [0.15, 0.2) is 24.3 Å². The Bertz CT molecular complexity index is 692. The summed E-state index contributed by atoms with van der Waals surface area (Å²) in [6, 6.07) is 7.05. The normalized spacial score (nSPS) is 17.4. The molecule has 6 heteroatoms. The Morgan fingerprint density at radius 3 is 3.10 bits per heavy atom. The first-order valence-corrected chi connectivity index (χ1v) is 7.25. The van der Waals surface area contributed by atoms with Crippen LogP contribution in [0.4, 0.5) is 5.95 Å². The Morgan fingerprint density at radius 2 is 2.29 bits per heavy atom. The van der Waals surface area contributed by atoms with E-state index in [0.717, 1.165) is 23.9 Å². The lowest BCUT2D eigenvalue weighted by Gasteiger charge is -2.24. The van der Waals surface area contributed by atoms with Crippen LogP contribution in [0, 0.1) is 0 Å². The molecule has 2 N–H and O–H groups in total. The first-order chi connectivity index (χ1) is 10.2. The van der Waals surface area contributed by atoms with Gasteiger partial charge in [-0.1, -0.05) is 25.5 Å². The number of rotatable bonds is 4. The monoisotopic (exact) mass is 286 g/mol. The van der Waals surface area contributed by atoms with Gasteiger partial charge in [0.2, 0.25) is 17.8 Å². The number of anilines is 1. The van der Waals surface area contributed by atoms with Crippen LogP contribution < -0.4 is 10.6 Å². The Labute approximate surface area is 122 Å². The quantitative estimate of drug-likeness (QED) is 0.842. The Hall–Kier alpha value is -2.37. The van der Waals surface area contributed by atoms with Crippen LogP contribution in [0.25, 0.3) is 11.0 Å². The van der Waals surface area contributed by atoms with Crippen LogP contribution in [-0.2, 0) is 9.59 Å². The Morgan fingerprint density at radius 1 is 1.48 bits per heavy atom. The summed E-state index contributed by atoms with van der Waals surface area (Å²) in [6.07, 6.45) is 2.10. The lowest BCUT2D eigenvalue weighted by molar-refractivity contribution is -0.128. The van der Waals surface area contributed by atoms with E-state index in [1.807, 2.05) is 28.8 Å². The van der Waals surface area contributed by atoms with Crippen molar-refractivity contribution in [2.45, 2.75) is 32.2 Å². The fourth-order valence-corrected chi connectivity index (χ4v) is 2.61. The molecule has 0 spiro atoms. The molecule has 2 heterocycles. The molecule has 0 unspecified atom stereocenters. The van der Waals surface area contributed by atoms with Gasteiger partial charge in [-0.2, -0.15) is 0 Å². The number of imidazole rings is 1. The average Bonchev–Trinajstić information content (AvgIpc) is 2.84. The number of para-hydroxylation sites is 2. The van der Waals surface area contributed by atoms with Crippen LogP contribution in [0.5, 0.6) is 0 Å². The molecule has 0 aliphatic carbocycles. The van der Waals surface area contributed by atoms with E-state index in [2.05, 4.69) is 22.5 Å². The standard InChI is InChI=1S/C15H18N4O2/c1-2-3-8-16-14(21)12-9-13(20)18-15-17-10-6-4-5-7-11(10)19(12)15/h4-7,12H,2-3,8-9H2,1H3,(H,16,21)(H,17,18,20)/t12-/m0/s1. The highest BCUT2D eigenvalue weighted by Crippen LogP contribution is 2.30. The van der Waals surface area contributed by atoms with Gasteiger partial charge >= 0.3 is 0 Å².